The highest BCUT2D eigenvalue weighted by molar-refractivity contribution is 5.20. The van der Waals surface area contributed by atoms with Gasteiger partial charge in [0, 0.05) is 7.05 Å². The van der Waals surface area contributed by atoms with Crippen LogP contribution in [0.4, 0.5) is 8.78 Å². The molecule has 0 aliphatic carbocycles. The minimum atomic E-state index is -0.828. The van der Waals surface area contributed by atoms with E-state index in [1.54, 1.807) is 24.0 Å². The molecule has 0 aliphatic rings. The van der Waals surface area contributed by atoms with Crippen LogP contribution in [-0.4, -0.2) is 21.5 Å². The number of aromatic nitrogens is 3. The van der Waals surface area contributed by atoms with Crippen molar-refractivity contribution in [3.63, 3.8) is 0 Å². The van der Waals surface area contributed by atoms with E-state index in [0.29, 0.717) is 6.42 Å². The molecule has 1 aromatic heterocycles. The van der Waals surface area contributed by atoms with Crippen LogP contribution < -0.4 is 5.32 Å². The summed E-state index contributed by atoms with van der Waals surface area (Å²) in [6.07, 6.45) is 2.22. The van der Waals surface area contributed by atoms with E-state index in [-0.39, 0.29) is 6.04 Å². The molecule has 0 amide bonds. The van der Waals surface area contributed by atoms with Gasteiger partial charge >= 0.3 is 0 Å². The summed E-state index contributed by atoms with van der Waals surface area (Å²) in [5, 5.41) is 11.0. The summed E-state index contributed by atoms with van der Waals surface area (Å²) in [7, 11) is 1.80. The molecule has 0 fully saturated rings. The van der Waals surface area contributed by atoms with Gasteiger partial charge in [-0.2, -0.15) is 0 Å². The molecule has 4 nitrogen and oxygen atoms in total. The second-order valence-electron chi connectivity index (χ2n) is 4.35. The summed E-state index contributed by atoms with van der Waals surface area (Å²) in [5.74, 6) is -1.65. The van der Waals surface area contributed by atoms with Crippen molar-refractivity contribution in [2.75, 3.05) is 6.54 Å². The van der Waals surface area contributed by atoms with Crippen molar-refractivity contribution < 1.29 is 8.78 Å². The molecular weight excluding hydrogens is 250 g/mol. The van der Waals surface area contributed by atoms with Gasteiger partial charge in [-0.1, -0.05) is 18.2 Å². The number of benzene rings is 1. The third-order valence-corrected chi connectivity index (χ3v) is 2.98. The van der Waals surface area contributed by atoms with Gasteiger partial charge < -0.3 is 5.32 Å². The topological polar surface area (TPSA) is 42.7 Å². The minimum Gasteiger partial charge on any atom is -0.309 e. The Balaban J connectivity index is 2.21. The third kappa shape index (κ3) is 3.14. The van der Waals surface area contributed by atoms with Gasteiger partial charge in [-0.15, -0.1) is 5.10 Å². The molecule has 0 aliphatic heterocycles. The van der Waals surface area contributed by atoms with Gasteiger partial charge in [0.2, 0.25) is 0 Å². The van der Waals surface area contributed by atoms with Gasteiger partial charge in [-0.25, -0.2) is 8.78 Å². The summed E-state index contributed by atoms with van der Waals surface area (Å²) in [5.41, 5.74) is 1.64. The number of halogens is 2. The Hall–Kier alpha value is -1.82. The lowest BCUT2D eigenvalue weighted by molar-refractivity contribution is 0.492. The predicted molar refractivity (Wildman–Crippen MR) is 67.5 cm³/mol. The van der Waals surface area contributed by atoms with Crippen LogP contribution in [0.25, 0.3) is 0 Å². The van der Waals surface area contributed by atoms with Crippen LogP contribution in [0, 0.1) is 11.6 Å². The van der Waals surface area contributed by atoms with Gasteiger partial charge in [0.25, 0.3) is 0 Å². The highest BCUT2D eigenvalue weighted by Crippen LogP contribution is 2.18. The normalized spacial score (nSPS) is 12.6. The quantitative estimate of drug-likeness (QED) is 0.900. The maximum atomic E-state index is 13.2. The maximum absolute atomic E-state index is 13.2. The van der Waals surface area contributed by atoms with Gasteiger partial charge in [0.05, 0.1) is 17.9 Å². The number of nitrogens with one attached hydrogen (secondary N) is 1. The summed E-state index contributed by atoms with van der Waals surface area (Å²) < 4.78 is 27.8. The van der Waals surface area contributed by atoms with Crippen LogP contribution in [0.3, 0.4) is 0 Å². The first-order valence-electron chi connectivity index (χ1n) is 6.13. The van der Waals surface area contributed by atoms with E-state index in [9.17, 15) is 8.78 Å². The highest BCUT2D eigenvalue weighted by atomic mass is 19.2. The van der Waals surface area contributed by atoms with Gasteiger partial charge in [0.15, 0.2) is 11.6 Å². The molecule has 2 rings (SSSR count). The van der Waals surface area contributed by atoms with E-state index in [1.165, 1.54) is 6.07 Å². The lowest BCUT2D eigenvalue weighted by Gasteiger charge is -2.17. The van der Waals surface area contributed by atoms with Crippen molar-refractivity contribution in [3.05, 3.63) is 47.3 Å². The fourth-order valence-electron chi connectivity index (χ4n) is 2.04. The Kier molecular flexibility index (Phi) is 4.21. The SMILES string of the molecule is CCNC(Cc1ccc(F)c(F)c1)c1cnnn1C. The monoisotopic (exact) mass is 266 g/mol. The largest absolute Gasteiger partial charge is 0.309 e. The smallest absolute Gasteiger partial charge is 0.159 e. The molecule has 0 bridgehead atoms. The molecule has 1 N–H and O–H groups in total. The summed E-state index contributed by atoms with van der Waals surface area (Å²) in [6.45, 7) is 2.75. The molecule has 0 saturated carbocycles. The average molecular weight is 266 g/mol. The Morgan fingerprint density at radius 3 is 2.68 bits per heavy atom. The van der Waals surface area contributed by atoms with Crippen LogP contribution in [0.1, 0.15) is 24.2 Å². The van der Waals surface area contributed by atoms with E-state index >= 15 is 0 Å². The van der Waals surface area contributed by atoms with E-state index in [1.807, 2.05) is 6.92 Å². The second-order valence-corrected chi connectivity index (χ2v) is 4.35. The van der Waals surface area contributed by atoms with Crippen LogP contribution in [0.2, 0.25) is 0 Å². The zero-order valence-electron chi connectivity index (χ0n) is 10.9. The van der Waals surface area contributed by atoms with Crippen molar-refractivity contribution in [3.8, 4) is 0 Å². The predicted octanol–water partition coefficient (Wildman–Crippen LogP) is 1.99. The standard InChI is InChI=1S/C13H16F2N4/c1-3-16-12(13-8-17-18-19(13)2)7-9-4-5-10(14)11(15)6-9/h4-6,8,12,16H,3,7H2,1-2H3. The van der Waals surface area contributed by atoms with E-state index < -0.39 is 11.6 Å². The fraction of sp³-hybridized carbons (Fsp3) is 0.385. The molecule has 19 heavy (non-hydrogen) atoms. The van der Waals surface area contributed by atoms with Crippen LogP contribution in [0.15, 0.2) is 24.4 Å². The van der Waals surface area contributed by atoms with E-state index in [4.69, 9.17) is 0 Å². The van der Waals surface area contributed by atoms with E-state index in [2.05, 4.69) is 15.6 Å². The number of hydrogen-bond donors (Lipinski definition) is 1. The first-order valence-corrected chi connectivity index (χ1v) is 6.13. The molecule has 0 spiro atoms. The molecule has 2 aromatic rings. The Morgan fingerprint density at radius 2 is 2.11 bits per heavy atom. The van der Waals surface area contributed by atoms with Crippen molar-refractivity contribution in [2.24, 2.45) is 7.05 Å². The highest BCUT2D eigenvalue weighted by Gasteiger charge is 2.16. The zero-order valence-corrected chi connectivity index (χ0v) is 10.9. The fourth-order valence-corrected chi connectivity index (χ4v) is 2.04. The number of hydrogen-bond acceptors (Lipinski definition) is 3. The van der Waals surface area contributed by atoms with Crippen molar-refractivity contribution in [1.82, 2.24) is 20.3 Å². The number of nitrogens with zero attached hydrogens (tertiary/aromatic N) is 3. The molecule has 1 aromatic carbocycles. The molecule has 102 valence electrons. The lowest BCUT2D eigenvalue weighted by Crippen LogP contribution is -2.25. The molecule has 0 radical (unpaired) electrons. The number of likely N-dealkylation sites (N-methyl/N-ethyl adjacent to an activating group) is 1. The zero-order chi connectivity index (χ0) is 13.8. The molecule has 1 heterocycles. The lowest BCUT2D eigenvalue weighted by atomic mass is 10.0. The van der Waals surface area contributed by atoms with Crippen molar-refractivity contribution in [2.45, 2.75) is 19.4 Å². The van der Waals surface area contributed by atoms with Crippen LogP contribution in [-0.2, 0) is 13.5 Å². The minimum absolute atomic E-state index is 0.0325. The van der Waals surface area contributed by atoms with Gasteiger partial charge in [-0.3, -0.25) is 4.68 Å². The molecule has 0 saturated heterocycles. The summed E-state index contributed by atoms with van der Waals surface area (Å²) in [4.78, 5) is 0. The first kappa shape index (κ1) is 13.6. The first-order chi connectivity index (χ1) is 9.11. The Labute approximate surface area is 110 Å². The summed E-state index contributed by atoms with van der Waals surface area (Å²) >= 11 is 0. The third-order valence-electron chi connectivity index (χ3n) is 2.98. The molecular formula is C13H16F2N4. The van der Waals surface area contributed by atoms with E-state index in [0.717, 1.165) is 23.9 Å². The van der Waals surface area contributed by atoms with Crippen molar-refractivity contribution >= 4 is 0 Å². The van der Waals surface area contributed by atoms with Gasteiger partial charge in [-0.05, 0) is 30.7 Å². The average Bonchev–Trinajstić information content (AvgIpc) is 2.79. The second kappa shape index (κ2) is 5.88. The molecule has 1 atom stereocenters. The summed E-state index contributed by atoms with van der Waals surface area (Å²) in [6, 6.07) is 3.93. The maximum Gasteiger partial charge on any atom is 0.159 e. The van der Waals surface area contributed by atoms with Crippen molar-refractivity contribution in [1.29, 1.82) is 0 Å². The van der Waals surface area contributed by atoms with Crippen LogP contribution >= 0.6 is 0 Å². The number of rotatable bonds is 5. The molecule has 1 unspecified atom stereocenters. The molecule has 6 heteroatoms. The van der Waals surface area contributed by atoms with Crippen LogP contribution in [0.5, 0.6) is 0 Å². The Bertz CT molecular complexity index is 553. The number of aryl methyl sites for hydroxylation is 1. The van der Waals surface area contributed by atoms with Gasteiger partial charge in [0.1, 0.15) is 0 Å². The Morgan fingerprint density at radius 1 is 1.32 bits per heavy atom.